The summed E-state index contributed by atoms with van der Waals surface area (Å²) in [5, 5.41) is 0. The van der Waals surface area contributed by atoms with Crippen LogP contribution in [0.4, 0.5) is 0 Å². The van der Waals surface area contributed by atoms with Crippen LogP contribution in [0.1, 0.15) is 33.6 Å². The van der Waals surface area contributed by atoms with Gasteiger partial charge in [0.2, 0.25) is 0 Å². The molecule has 0 N–H and O–H groups in total. The van der Waals surface area contributed by atoms with Gasteiger partial charge in [0.15, 0.2) is 5.78 Å². The van der Waals surface area contributed by atoms with E-state index in [-0.39, 0.29) is 5.41 Å². The van der Waals surface area contributed by atoms with Gasteiger partial charge in [-0.25, -0.2) is 0 Å². The molecule has 2 atom stereocenters. The van der Waals surface area contributed by atoms with E-state index < -0.39 is 0 Å². The zero-order valence-corrected chi connectivity index (χ0v) is 8.05. The van der Waals surface area contributed by atoms with Gasteiger partial charge in [0.1, 0.15) is 0 Å². The Balaban J connectivity index is 2.38. The second-order valence-corrected chi connectivity index (χ2v) is 4.76. The molecule has 2 rings (SSSR count). The summed E-state index contributed by atoms with van der Waals surface area (Å²) < 4.78 is 0. The highest BCUT2D eigenvalue weighted by molar-refractivity contribution is 5.98. The van der Waals surface area contributed by atoms with Crippen LogP contribution in [0, 0.1) is 17.3 Å². The normalized spacial score (nSPS) is 38.2. The van der Waals surface area contributed by atoms with Gasteiger partial charge in [0.05, 0.1) is 0 Å². The van der Waals surface area contributed by atoms with Crippen LogP contribution in [-0.2, 0) is 4.79 Å². The van der Waals surface area contributed by atoms with Gasteiger partial charge < -0.3 is 0 Å². The van der Waals surface area contributed by atoms with Crippen LogP contribution in [0.25, 0.3) is 0 Å². The smallest absolute Gasteiger partial charge is 0.161 e. The Bertz CT molecular complexity index is 260. The maximum absolute atomic E-state index is 11.6. The van der Waals surface area contributed by atoms with Gasteiger partial charge in [-0.15, -0.1) is 0 Å². The quantitative estimate of drug-likeness (QED) is 0.537. The average molecular weight is 164 g/mol. The van der Waals surface area contributed by atoms with Crippen molar-refractivity contribution in [3.8, 4) is 0 Å². The minimum absolute atomic E-state index is 0.0971. The maximum Gasteiger partial charge on any atom is 0.161 e. The van der Waals surface area contributed by atoms with Gasteiger partial charge in [-0.2, -0.15) is 0 Å². The Morgan fingerprint density at radius 2 is 2.08 bits per heavy atom. The van der Waals surface area contributed by atoms with Gasteiger partial charge in [0.25, 0.3) is 0 Å². The van der Waals surface area contributed by atoms with Crippen LogP contribution in [0.3, 0.4) is 0 Å². The number of ketones is 1. The van der Waals surface area contributed by atoms with Crippen molar-refractivity contribution in [2.45, 2.75) is 33.6 Å². The van der Waals surface area contributed by atoms with Crippen LogP contribution in [-0.4, -0.2) is 5.78 Å². The lowest BCUT2D eigenvalue weighted by atomic mass is 9.78. The van der Waals surface area contributed by atoms with Gasteiger partial charge in [-0.3, -0.25) is 4.79 Å². The largest absolute Gasteiger partial charge is 0.294 e. The first-order valence-electron chi connectivity index (χ1n) is 4.79. The van der Waals surface area contributed by atoms with E-state index in [9.17, 15) is 4.79 Å². The van der Waals surface area contributed by atoms with E-state index in [1.165, 1.54) is 18.4 Å². The Morgan fingerprint density at radius 1 is 1.42 bits per heavy atom. The van der Waals surface area contributed by atoms with Crippen molar-refractivity contribution in [3.05, 3.63) is 11.6 Å². The molecule has 66 valence electrons. The monoisotopic (exact) mass is 164 g/mol. The highest BCUT2D eigenvalue weighted by Crippen LogP contribution is 2.51. The summed E-state index contributed by atoms with van der Waals surface area (Å²) >= 11 is 0. The van der Waals surface area contributed by atoms with E-state index >= 15 is 0 Å². The molecule has 1 saturated carbocycles. The van der Waals surface area contributed by atoms with Gasteiger partial charge >= 0.3 is 0 Å². The summed E-state index contributed by atoms with van der Waals surface area (Å²) in [6.07, 6.45) is 4.39. The van der Waals surface area contributed by atoms with Crippen molar-refractivity contribution >= 4 is 5.78 Å². The molecule has 0 radical (unpaired) electrons. The summed E-state index contributed by atoms with van der Waals surface area (Å²) in [5.41, 5.74) is 1.32. The van der Waals surface area contributed by atoms with E-state index in [4.69, 9.17) is 0 Å². The molecule has 12 heavy (non-hydrogen) atoms. The van der Waals surface area contributed by atoms with E-state index in [0.29, 0.717) is 17.6 Å². The molecular weight excluding hydrogens is 148 g/mol. The molecule has 1 heteroatoms. The minimum atomic E-state index is -0.0971. The molecule has 2 aliphatic rings. The van der Waals surface area contributed by atoms with Crippen molar-refractivity contribution in [3.63, 3.8) is 0 Å². The second-order valence-electron chi connectivity index (χ2n) is 4.76. The van der Waals surface area contributed by atoms with Crippen molar-refractivity contribution in [1.82, 2.24) is 0 Å². The molecule has 0 aromatic carbocycles. The summed E-state index contributed by atoms with van der Waals surface area (Å²) in [4.78, 5) is 11.6. The van der Waals surface area contributed by atoms with Gasteiger partial charge in [0, 0.05) is 5.41 Å². The molecule has 0 bridgehead atoms. The molecule has 0 spiro atoms. The molecule has 0 unspecified atom stereocenters. The minimum Gasteiger partial charge on any atom is -0.294 e. The average Bonchev–Trinajstić information content (AvgIpc) is 2.41. The first-order valence-corrected chi connectivity index (χ1v) is 4.79. The number of carbonyl (C=O) groups excluding carboxylic acids is 1. The predicted octanol–water partition coefficient (Wildman–Crippen LogP) is 2.57. The first-order chi connectivity index (χ1) is 5.53. The summed E-state index contributed by atoms with van der Waals surface area (Å²) in [5.74, 6) is 1.55. The maximum atomic E-state index is 11.6. The molecule has 2 aliphatic carbocycles. The third-order valence-corrected chi connectivity index (χ3v) is 3.66. The topological polar surface area (TPSA) is 17.1 Å². The van der Waals surface area contributed by atoms with Crippen molar-refractivity contribution in [2.75, 3.05) is 0 Å². The number of hydrogen-bond donors (Lipinski definition) is 0. The fraction of sp³-hybridized carbons (Fsp3) is 0.727. The van der Waals surface area contributed by atoms with E-state index in [2.05, 4.69) is 20.8 Å². The predicted molar refractivity (Wildman–Crippen MR) is 48.8 cm³/mol. The Labute approximate surface area is 73.8 Å². The van der Waals surface area contributed by atoms with Crippen LogP contribution in [0.15, 0.2) is 11.6 Å². The molecule has 0 aromatic rings. The van der Waals surface area contributed by atoms with Crippen molar-refractivity contribution in [1.29, 1.82) is 0 Å². The highest BCUT2D eigenvalue weighted by atomic mass is 16.1. The van der Waals surface area contributed by atoms with E-state index in [1.807, 2.05) is 6.08 Å². The number of rotatable bonds is 0. The molecule has 0 aliphatic heterocycles. The zero-order chi connectivity index (χ0) is 8.93. The van der Waals surface area contributed by atoms with Gasteiger partial charge in [-0.05, 0) is 30.8 Å². The Morgan fingerprint density at radius 3 is 2.67 bits per heavy atom. The summed E-state index contributed by atoms with van der Waals surface area (Å²) in [6, 6.07) is 0. The second kappa shape index (κ2) is 2.21. The molecule has 1 nitrogen and oxygen atoms in total. The lowest BCUT2D eigenvalue weighted by molar-refractivity contribution is -0.122. The lowest BCUT2D eigenvalue weighted by Crippen LogP contribution is -2.25. The Hall–Kier alpha value is -0.590. The molecule has 1 fully saturated rings. The fourth-order valence-corrected chi connectivity index (χ4v) is 2.62. The third-order valence-electron chi connectivity index (χ3n) is 3.66. The third kappa shape index (κ3) is 0.825. The van der Waals surface area contributed by atoms with Crippen LogP contribution >= 0.6 is 0 Å². The number of carbonyl (C=O) groups is 1. The number of fused-ring (bicyclic) bond motifs is 1. The zero-order valence-electron chi connectivity index (χ0n) is 8.05. The van der Waals surface area contributed by atoms with Crippen molar-refractivity contribution in [2.24, 2.45) is 17.3 Å². The number of hydrogen-bond acceptors (Lipinski definition) is 1. The van der Waals surface area contributed by atoms with Crippen LogP contribution < -0.4 is 0 Å². The van der Waals surface area contributed by atoms with E-state index in [1.54, 1.807) is 0 Å². The van der Waals surface area contributed by atoms with Crippen LogP contribution in [0.2, 0.25) is 0 Å². The number of allylic oxidation sites excluding steroid dienone is 2. The summed E-state index contributed by atoms with van der Waals surface area (Å²) in [6.45, 7) is 6.41. The van der Waals surface area contributed by atoms with Crippen molar-refractivity contribution < 1.29 is 4.79 Å². The lowest BCUT2D eigenvalue weighted by Gasteiger charge is -2.23. The molecular formula is C11H16O. The SMILES string of the molecule is C[C@@H]1CC[C@H]2C1=CC(=O)C2(C)C. The molecule has 0 heterocycles. The van der Waals surface area contributed by atoms with Crippen LogP contribution in [0.5, 0.6) is 0 Å². The highest BCUT2D eigenvalue weighted by Gasteiger charge is 2.46. The Kier molecular flexibility index (Phi) is 1.48. The fourth-order valence-electron chi connectivity index (χ4n) is 2.62. The summed E-state index contributed by atoms with van der Waals surface area (Å²) in [7, 11) is 0. The standard InChI is InChI=1S/C11H16O/c1-7-4-5-9-8(7)6-10(12)11(9,2)3/h6-7,9H,4-5H2,1-3H3/t7-,9+/m1/s1. The van der Waals surface area contributed by atoms with Gasteiger partial charge in [-0.1, -0.05) is 26.3 Å². The van der Waals surface area contributed by atoms with E-state index in [0.717, 1.165) is 0 Å². The molecule has 0 amide bonds. The molecule has 0 aromatic heterocycles. The first kappa shape index (κ1) is 8.03. The molecule has 0 saturated heterocycles.